The molecule has 3 aromatic carbocycles. The number of aromatic hydroxyl groups is 1. The highest BCUT2D eigenvalue weighted by Crippen LogP contribution is 2.22. The molecule has 4 rings (SSSR count). The van der Waals surface area contributed by atoms with Crippen LogP contribution >= 0.6 is 0 Å². The molecule has 0 aliphatic heterocycles. The average Bonchev–Trinajstić information content (AvgIpc) is 2.86. The number of aromatic nitrogens is 3. The fraction of sp³-hybridized carbons (Fsp3) is 0. The number of non-ortho nitro benzene ring substituents is 2. The first-order valence-corrected chi connectivity index (χ1v) is 10.2. The molecular formula is C22H17N9O5. The van der Waals surface area contributed by atoms with Gasteiger partial charge in [0.15, 0.2) is 0 Å². The van der Waals surface area contributed by atoms with Crippen LogP contribution in [-0.4, -0.2) is 36.1 Å². The van der Waals surface area contributed by atoms with Gasteiger partial charge in [-0.3, -0.25) is 20.2 Å². The minimum absolute atomic E-state index is 0.00835. The summed E-state index contributed by atoms with van der Waals surface area (Å²) in [6.07, 6.45) is 1.18. The largest absolute Gasteiger partial charge is 0.507 e. The van der Waals surface area contributed by atoms with E-state index in [2.05, 4.69) is 36.1 Å². The van der Waals surface area contributed by atoms with E-state index in [1.165, 1.54) is 42.6 Å². The number of hydrazone groups is 1. The van der Waals surface area contributed by atoms with Gasteiger partial charge in [0.2, 0.25) is 17.8 Å². The number of phenols is 1. The number of rotatable bonds is 9. The van der Waals surface area contributed by atoms with Crippen LogP contribution in [-0.2, 0) is 0 Å². The summed E-state index contributed by atoms with van der Waals surface area (Å²) in [5.41, 5.74) is 3.64. The lowest BCUT2D eigenvalue weighted by Gasteiger charge is -2.10. The first-order chi connectivity index (χ1) is 17.4. The summed E-state index contributed by atoms with van der Waals surface area (Å²) >= 11 is 0. The third kappa shape index (κ3) is 6.02. The standard InChI is InChI=1S/C22H17N9O5/c32-19-11-10-18(31(35)36)12-14(19)13-23-29-22-27-20(24-15-4-2-1-3-5-15)26-21(28-22)25-16-6-8-17(9-7-16)30(33)34/h1-13,32H,(H3,24,25,26,27,28,29). The zero-order valence-electron chi connectivity index (χ0n) is 18.3. The highest BCUT2D eigenvalue weighted by atomic mass is 16.6. The fourth-order valence-corrected chi connectivity index (χ4v) is 2.90. The van der Waals surface area contributed by atoms with Crippen molar-refractivity contribution in [2.75, 3.05) is 16.1 Å². The molecule has 0 unspecified atom stereocenters. The molecule has 0 radical (unpaired) electrons. The van der Waals surface area contributed by atoms with Crippen molar-refractivity contribution in [3.63, 3.8) is 0 Å². The van der Waals surface area contributed by atoms with Gasteiger partial charge in [0.1, 0.15) is 5.75 Å². The molecule has 1 heterocycles. The van der Waals surface area contributed by atoms with Crippen LogP contribution in [0.15, 0.2) is 77.9 Å². The quantitative estimate of drug-likeness (QED) is 0.149. The molecule has 14 heteroatoms. The first kappa shape index (κ1) is 23.5. The van der Waals surface area contributed by atoms with Crippen molar-refractivity contribution in [2.24, 2.45) is 5.10 Å². The van der Waals surface area contributed by atoms with Gasteiger partial charge in [-0.1, -0.05) is 18.2 Å². The van der Waals surface area contributed by atoms with E-state index in [9.17, 15) is 25.3 Å². The summed E-state index contributed by atoms with van der Waals surface area (Å²) in [5, 5.41) is 41.7. The van der Waals surface area contributed by atoms with E-state index in [1.807, 2.05) is 30.3 Å². The van der Waals surface area contributed by atoms with Gasteiger partial charge in [-0.15, -0.1) is 0 Å². The van der Waals surface area contributed by atoms with E-state index in [0.717, 1.165) is 6.07 Å². The number of anilines is 5. The molecular weight excluding hydrogens is 470 g/mol. The van der Waals surface area contributed by atoms with E-state index in [4.69, 9.17) is 0 Å². The minimum Gasteiger partial charge on any atom is -0.507 e. The zero-order chi connectivity index (χ0) is 25.5. The Bertz CT molecular complexity index is 1430. The average molecular weight is 487 g/mol. The Morgan fingerprint density at radius 3 is 1.92 bits per heavy atom. The number of nitrogens with one attached hydrogen (secondary N) is 3. The topological polar surface area (TPSA) is 194 Å². The number of nitro benzene ring substituents is 2. The van der Waals surface area contributed by atoms with Gasteiger partial charge < -0.3 is 15.7 Å². The maximum Gasteiger partial charge on any atom is 0.270 e. The summed E-state index contributed by atoms with van der Waals surface area (Å²) < 4.78 is 0. The van der Waals surface area contributed by atoms with Crippen LogP contribution in [0.3, 0.4) is 0 Å². The predicted octanol–water partition coefficient (Wildman–Crippen LogP) is 4.33. The van der Waals surface area contributed by atoms with Crippen molar-refractivity contribution in [1.29, 1.82) is 0 Å². The maximum atomic E-state index is 11.0. The normalized spacial score (nSPS) is 10.7. The summed E-state index contributed by atoms with van der Waals surface area (Å²) in [6, 6.07) is 18.3. The Balaban J connectivity index is 1.59. The number of hydrogen-bond donors (Lipinski definition) is 4. The molecule has 0 spiro atoms. The summed E-state index contributed by atoms with van der Waals surface area (Å²) in [4.78, 5) is 33.5. The predicted molar refractivity (Wildman–Crippen MR) is 132 cm³/mol. The first-order valence-electron chi connectivity index (χ1n) is 10.2. The molecule has 0 bridgehead atoms. The van der Waals surface area contributed by atoms with Gasteiger partial charge in [0.05, 0.1) is 16.1 Å². The van der Waals surface area contributed by atoms with E-state index < -0.39 is 9.85 Å². The number of phenolic OH excluding ortho intramolecular Hbond substituents is 1. The van der Waals surface area contributed by atoms with Gasteiger partial charge in [-0.25, -0.2) is 5.43 Å². The molecule has 0 saturated carbocycles. The van der Waals surface area contributed by atoms with Crippen LogP contribution in [0, 0.1) is 20.2 Å². The molecule has 14 nitrogen and oxygen atoms in total. The highest BCUT2D eigenvalue weighted by Gasteiger charge is 2.11. The van der Waals surface area contributed by atoms with Gasteiger partial charge in [0, 0.05) is 41.2 Å². The minimum atomic E-state index is -0.589. The molecule has 1 aromatic heterocycles. The van der Waals surface area contributed by atoms with Gasteiger partial charge in [-0.05, 0) is 30.3 Å². The van der Waals surface area contributed by atoms with Crippen molar-refractivity contribution >= 4 is 46.8 Å². The third-order valence-corrected chi connectivity index (χ3v) is 4.59. The van der Waals surface area contributed by atoms with Crippen LogP contribution in [0.25, 0.3) is 0 Å². The molecule has 0 saturated heterocycles. The zero-order valence-corrected chi connectivity index (χ0v) is 18.3. The Labute approximate surface area is 202 Å². The molecule has 4 N–H and O–H groups in total. The Kier molecular flexibility index (Phi) is 6.86. The second-order valence-electron chi connectivity index (χ2n) is 7.10. The summed E-state index contributed by atoms with van der Waals surface area (Å²) in [5.74, 6) is 0.0764. The van der Waals surface area contributed by atoms with Crippen molar-refractivity contribution in [2.45, 2.75) is 0 Å². The number of hydrogen-bond acceptors (Lipinski definition) is 12. The number of para-hydroxylation sites is 1. The molecule has 180 valence electrons. The molecule has 0 fully saturated rings. The monoisotopic (exact) mass is 487 g/mol. The molecule has 36 heavy (non-hydrogen) atoms. The van der Waals surface area contributed by atoms with Gasteiger partial charge in [0.25, 0.3) is 11.4 Å². The number of nitrogens with zero attached hydrogens (tertiary/aromatic N) is 6. The Morgan fingerprint density at radius 2 is 1.31 bits per heavy atom. The lowest BCUT2D eigenvalue weighted by Crippen LogP contribution is -2.07. The lowest BCUT2D eigenvalue weighted by molar-refractivity contribution is -0.385. The number of benzene rings is 3. The Hall–Kier alpha value is -5.66. The van der Waals surface area contributed by atoms with Crippen molar-refractivity contribution in [1.82, 2.24) is 15.0 Å². The molecule has 0 aliphatic rings. The van der Waals surface area contributed by atoms with Crippen LogP contribution in [0.2, 0.25) is 0 Å². The van der Waals surface area contributed by atoms with Crippen molar-refractivity contribution in [3.05, 3.63) is 98.6 Å². The van der Waals surface area contributed by atoms with Crippen LogP contribution < -0.4 is 16.1 Å². The maximum absolute atomic E-state index is 11.0. The fourth-order valence-electron chi connectivity index (χ4n) is 2.90. The second kappa shape index (κ2) is 10.5. The summed E-state index contributed by atoms with van der Waals surface area (Å²) in [6.45, 7) is 0. The SMILES string of the molecule is O=[N+]([O-])c1ccc(Nc2nc(NN=Cc3cc([N+](=O)[O-])ccc3O)nc(Nc3ccccc3)n2)cc1. The smallest absolute Gasteiger partial charge is 0.270 e. The van der Waals surface area contributed by atoms with E-state index in [0.29, 0.717) is 11.4 Å². The highest BCUT2D eigenvalue weighted by molar-refractivity contribution is 5.84. The second-order valence-corrected chi connectivity index (χ2v) is 7.10. The molecule has 0 atom stereocenters. The molecule has 4 aromatic rings. The van der Waals surface area contributed by atoms with E-state index >= 15 is 0 Å². The van der Waals surface area contributed by atoms with E-state index in [-0.39, 0.29) is 40.5 Å². The van der Waals surface area contributed by atoms with E-state index in [1.54, 1.807) is 0 Å². The van der Waals surface area contributed by atoms with Crippen LogP contribution in [0.5, 0.6) is 5.75 Å². The summed E-state index contributed by atoms with van der Waals surface area (Å²) in [7, 11) is 0. The van der Waals surface area contributed by atoms with Crippen LogP contribution in [0.4, 0.5) is 40.6 Å². The van der Waals surface area contributed by atoms with Crippen LogP contribution in [0.1, 0.15) is 5.56 Å². The van der Waals surface area contributed by atoms with Crippen molar-refractivity contribution < 1.29 is 15.0 Å². The van der Waals surface area contributed by atoms with Crippen molar-refractivity contribution in [3.8, 4) is 5.75 Å². The number of nitro groups is 2. The third-order valence-electron chi connectivity index (χ3n) is 4.59. The lowest BCUT2D eigenvalue weighted by atomic mass is 10.2. The molecule has 0 aliphatic carbocycles. The van der Waals surface area contributed by atoms with Gasteiger partial charge >= 0.3 is 0 Å². The molecule has 0 amide bonds. The van der Waals surface area contributed by atoms with Gasteiger partial charge in [-0.2, -0.15) is 20.1 Å². The Morgan fingerprint density at radius 1 is 0.750 bits per heavy atom.